The molecule has 9 heteroatoms. The van der Waals surface area contributed by atoms with Gasteiger partial charge in [-0.2, -0.15) is 0 Å². The molecule has 0 aromatic heterocycles. The number of amides is 2. The van der Waals surface area contributed by atoms with Gasteiger partial charge in [-0.05, 0) is 59.9 Å². The van der Waals surface area contributed by atoms with Crippen LogP contribution >= 0.6 is 0 Å². The predicted octanol–water partition coefficient (Wildman–Crippen LogP) is 3.71. The van der Waals surface area contributed by atoms with Crippen LogP contribution in [-0.4, -0.2) is 50.3 Å². The van der Waals surface area contributed by atoms with E-state index in [1.807, 2.05) is 24.3 Å². The number of hydrogen-bond acceptors (Lipinski definition) is 7. The maximum absolute atomic E-state index is 13.1. The summed E-state index contributed by atoms with van der Waals surface area (Å²) in [4.78, 5) is 26.8. The van der Waals surface area contributed by atoms with E-state index in [1.54, 1.807) is 38.5 Å². The molecule has 0 bridgehead atoms. The minimum absolute atomic E-state index is 0.276. The summed E-state index contributed by atoms with van der Waals surface area (Å²) in [5.74, 6) is 0.764. The highest BCUT2D eigenvalue weighted by Crippen LogP contribution is 2.33. The molecule has 1 unspecified atom stereocenters. The molecule has 0 saturated heterocycles. The lowest BCUT2D eigenvalue weighted by molar-refractivity contribution is -0.139. The van der Waals surface area contributed by atoms with Gasteiger partial charge in [-0.1, -0.05) is 30.3 Å². The third kappa shape index (κ3) is 5.83. The number of rotatable bonds is 9. The van der Waals surface area contributed by atoms with E-state index in [2.05, 4.69) is 22.3 Å². The second kappa shape index (κ2) is 11.5. The van der Waals surface area contributed by atoms with E-state index < -0.39 is 12.2 Å². The Morgan fingerprint density at radius 3 is 2.44 bits per heavy atom. The van der Waals surface area contributed by atoms with Crippen molar-refractivity contribution in [3.05, 3.63) is 94.7 Å². The molecular formula is C30H31N3O6. The van der Waals surface area contributed by atoms with Gasteiger partial charge in [-0.3, -0.25) is 14.5 Å². The van der Waals surface area contributed by atoms with Crippen LogP contribution in [0, 0.1) is 0 Å². The van der Waals surface area contributed by atoms with Crippen LogP contribution in [0.25, 0.3) is 5.76 Å². The number of benzene rings is 3. The zero-order chi connectivity index (χ0) is 27.4. The number of nitrogens with zero attached hydrogens (tertiary/aromatic N) is 1. The molecule has 2 heterocycles. The third-order valence-corrected chi connectivity index (χ3v) is 6.93. The summed E-state index contributed by atoms with van der Waals surface area (Å²) in [7, 11) is 3.32. The molecule has 2 amide bonds. The van der Waals surface area contributed by atoms with Crippen LogP contribution in [0.15, 0.2) is 66.9 Å². The number of carbonyl (C=O) groups is 2. The Hall–Kier alpha value is -4.50. The zero-order valence-electron chi connectivity index (χ0n) is 21.9. The molecule has 0 spiro atoms. The molecule has 0 radical (unpaired) electrons. The van der Waals surface area contributed by atoms with Crippen LogP contribution in [0.2, 0.25) is 0 Å². The number of methoxy groups -OCH3 is 2. The van der Waals surface area contributed by atoms with Gasteiger partial charge in [0.2, 0.25) is 0 Å². The van der Waals surface area contributed by atoms with Gasteiger partial charge >= 0.3 is 6.29 Å². The first-order chi connectivity index (χ1) is 18.9. The fourth-order valence-electron chi connectivity index (χ4n) is 4.82. The molecule has 3 aromatic carbocycles. The van der Waals surface area contributed by atoms with E-state index in [-0.39, 0.29) is 11.7 Å². The van der Waals surface area contributed by atoms with Crippen molar-refractivity contribution < 1.29 is 28.5 Å². The van der Waals surface area contributed by atoms with Gasteiger partial charge < -0.3 is 30.0 Å². The highest BCUT2D eigenvalue weighted by Gasteiger charge is 2.28. The van der Waals surface area contributed by atoms with Crippen LogP contribution in [-0.2, 0) is 33.7 Å². The average Bonchev–Trinajstić information content (AvgIpc) is 3.47. The van der Waals surface area contributed by atoms with Crippen molar-refractivity contribution in [1.29, 1.82) is 0 Å². The van der Waals surface area contributed by atoms with Gasteiger partial charge in [0.1, 0.15) is 6.26 Å². The van der Waals surface area contributed by atoms with E-state index in [4.69, 9.17) is 24.7 Å². The minimum Gasteiger partial charge on any atom is -0.493 e. The van der Waals surface area contributed by atoms with Crippen molar-refractivity contribution >= 4 is 23.3 Å². The Bertz CT molecular complexity index is 1400. The Balaban J connectivity index is 1.18. The largest absolute Gasteiger partial charge is 0.493 e. The lowest BCUT2D eigenvalue weighted by Crippen LogP contribution is -2.32. The Morgan fingerprint density at radius 2 is 1.74 bits per heavy atom. The van der Waals surface area contributed by atoms with Crippen molar-refractivity contribution in [3.8, 4) is 11.5 Å². The fraction of sp³-hybridized carbons (Fsp3) is 0.267. The van der Waals surface area contributed by atoms with E-state index >= 15 is 0 Å². The van der Waals surface area contributed by atoms with Crippen molar-refractivity contribution in [2.45, 2.75) is 25.7 Å². The summed E-state index contributed by atoms with van der Waals surface area (Å²) in [5.41, 5.74) is 10.6. The molecule has 5 rings (SSSR count). The second-order valence-electron chi connectivity index (χ2n) is 9.42. The predicted molar refractivity (Wildman–Crippen MR) is 146 cm³/mol. The van der Waals surface area contributed by atoms with Gasteiger partial charge in [0.15, 0.2) is 17.3 Å². The molecule has 3 aromatic rings. The Labute approximate surface area is 227 Å². The van der Waals surface area contributed by atoms with Crippen LogP contribution in [0.1, 0.15) is 32.6 Å². The van der Waals surface area contributed by atoms with Crippen molar-refractivity contribution in [1.82, 2.24) is 4.90 Å². The number of anilines is 1. The van der Waals surface area contributed by atoms with Crippen LogP contribution < -0.4 is 20.5 Å². The highest BCUT2D eigenvalue weighted by molar-refractivity contribution is 6.07. The smallest absolute Gasteiger partial charge is 0.320 e. The molecule has 0 aliphatic carbocycles. The summed E-state index contributed by atoms with van der Waals surface area (Å²) in [6.07, 6.45) is 1.96. The molecule has 0 fully saturated rings. The van der Waals surface area contributed by atoms with Gasteiger partial charge in [0, 0.05) is 30.9 Å². The molecule has 9 nitrogen and oxygen atoms in total. The second-order valence-corrected chi connectivity index (χ2v) is 9.42. The van der Waals surface area contributed by atoms with Crippen LogP contribution in [0.5, 0.6) is 11.5 Å². The number of hydrogen-bond donors (Lipinski definition) is 2. The quantitative estimate of drug-likeness (QED) is 0.435. The lowest BCUT2D eigenvalue weighted by atomic mass is 9.98. The number of nitrogens with one attached hydrogen (secondary N) is 1. The molecule has 1 atom stereocenters. The third-order valence-electron chi connectivity index (χ3n) is 6.93. The molecule has 202 valence electrons. The van der Waals surface area contributed by atoms with Crippen molar-refractivity contribution in [2.75, 3.05) is 32.6 Å². The van der Waals surface area contributed by atoms with E-state index in [9.17, 15) is 9.59 Å². The highest BCUT2D eigenvalue weighted by atomic mass is 16.7. The number of nitrogens with two attached hydrogens (primary N) is 1. The Morgan fingerprint density at radius 1 is 1.03 bits per heavy atom. The number of carbonyl (C=O) groups excluding carboxylic acids is 2. The summed E-state index contributed by atoms with van der Waals surface area (Å²) in [5, 5.41) is 2.93. The first-order valence-electron chi connectivity index (χ1n) is 12.7. The summed E-state index contributed by atoms with van der Waals surface area (Å²) in [6.45, 7) is 2.78. The molecular weight excluding hydrogens is 498 g/mol. The maximum atomic E-state index is 13.1. The molecule has 39 heavy (non-hydrogen) atoms. The molecule has 2 aliphatic heterocycles. The normalized spacial score (nSPS) is 16.4. The minimum atomic E-state index is -1.20. The van der Waals surface area contributed by atoms with Crippen LogP contribution in [0.4, 0.5) is 5.69 Å². The monoisotopic (exact) mass is 529 g/mol. The lowest BCUT2D eigenvalue weighted by Gasteiger charge is -2.29. The molecule has 0 saturated carbocycles. The van der Waals surface area contributed by atoms with Crippen LogP contribution in [0.3, 0.4) is 0 Å². The standard InChI is InChI=1S/C30H31N3O6/c1-36-25-15-20-12-14-33(17-21(20)16-26(25)37-2)13-11-19-7-9-22(10-8-19)32-29(35)24-6-4-3-5-23(24)27-18-38-30(39-27)28(31)34/h3-10,15-16,18,30H,11-14,17H2,1-2H3,(H2,31,34)(H,32,35). The zero-order valence-corrected chi connectivity index (χ0v) is 21.9. The van der Waals surface area contributed by atoms with Gasteiger partial charge in [-0.15, -0.1) is 0 Å². The van der Waals surface area contributed by atoms with Gasteiger partial charge in [-0.25, -0.2) is 0 Å². The van der Waals surface area contributed by atoms with E-state index in [1.165, 1.54) is 23.0 Å². The fourth-order valence-corrected chi connectivity index (χ4v) is 4.82. The Kier molecular flexibility index (Phi) is 7.69. The van der Waals surface area contributed by atoms with Crippen molar-refractivity contribution in [2.24, 2.45) is 5.73 Å². The molecule has 2 aliphatic rings. The summed E-state index contributed by atoms with van der Waals surface area (Å²) >= 11 is 0. The first-order valence-corrected chi connectivity index (χ1v) is 12.7. The number of ether oxygens (including phenoxy) is 4. The summed E-state index contributed by atoms with van der Waals surface area (Å²) < 4.78 is 21.5. The average molecular weight is 530 g/mol. The number of fused-ring (bicyclic) bond motifs is 1. The summed E-state index contributed by atoms with van der Waals surface area (Å²) in [6, 6.07) is 19.0. The first kappa shape index (κ1) is 26.1. The number of primary amides is 1. The topological polar surface area (TPSA) is 112 Å². The van der Waals surface area contributed by atoms with Crippen molar-refractivity contribution in [3.63, 3.8) is 0 Å². The van der Waals surface area contributed by atoms with Gasteiger partial charge in [0.25, 0.3) is 11.8 Å². The maximum Gasteiger partial charge on any atom is 0.320 e. The van der Waals surface area contributed by atoms with E-state index in [0.29, 0.717) is 16.8 Å². The van der Waals surface area contributed by atoms with E-state index in [0.717, 1.165) is 44.0 Å². The van der Waals surface area contributed by atoms with Gasteiger partial charge in [0.05, 0.1) is 19.8 Å². The SMILES string of the molecule is COc1cc2c(cc1OC)CN(CCc1ccc(NC(=O)c3ccccc3C3=COC(C(N)=O)O3)cc1)CC2. The molecule has 3 N–H and O–H groups in total.